The monoisotopic (exact) mass is 275 g/mol. The van der Waals surface area contributed by atoms with Crippen LogP contribution in [0, 0.1) is 0 Å². The van der Waals surface area contributed by atoms with Crippen molar-refractivity contribution in [3.05, 3.63) is 36.0 Å². The molecule has 0 saturated heterocycles. The number of H-pyrrole nitrogens is 1. The van der Waals surface area contributed by atoms with Crippen molar-refractivity contribution in [2.45, 2.75) is 19.5 Å². The van der Waals surface area contributed by atoms with Crippen molar-refractivity contribution in [1.29, 1.82) is 0 Å². The maximum Gasteiger partial charge on any atom is 0.236 e. The molecule has 0 radical (unpaired) electrons. The molecule has 20 heavy (non-hydrogen) atoms. The molecule has 0 aliphatic rings. The lowest BCUT2D eigenvalue weighted by molar-refractivity contribution is -0.122. The van der Waals surface area contributed by atoms with Gasteiger partial charge in [0.05, 0.1) is 12.6 Å². The van der Waals surface area contributed by atoms with E-state index in [0.717, 1.165) is 5.52 Å². The molecule has 2 aromatic rings. The number of aromatic nitrogens is 1. The number of methoxy groups -OCH3 is 1. The Hall–Kier alpha value is -1.85. The molecular formula is C15H21N3O2. The van der Waals surface area contributed by atoms with Crippen molar-refractivity contribution in [3.8, 4) is 0 Å². The SMILES string of the molecule is COCCNC(=O)C(C)NCc1cccc2[nH]ccc12. The van der Waals surface area contributed by atoms with Crippen LogP contribution in [0.5, 0.6) is 0 Å². The summed E-state index contributed by atoms with van der Waals surface area (Å²) in [6.07, 6.45) is 1.93. The van der Waals surface area contributed by atoms with E-state index in [1.807, 2.05) is 25.3 Å². The summed E-state index contributed by atoms with van der Waals surface area (Å²) in [6.45, 7) is 3.59. The zero-order valence-electron chi connectivity index (χ0n) is 11.9. The van der Waals surface area contributed by atoms with Gasteiger partial charge < -0.3 is 20.4 Å². The molecule has 1 heterocycles. The van der Waals surface area contributed by atoms with Crippen LogP contribution >= 0.6 is 0 Å². The largest absolute Gasteiger partial charge is 0.383 e. The Labute approximate surface area is 118 Å². The molecule has 1 atom stereocenters. The Kier molecular flexibility index (Phi) is 5.15. The van der Waals surface area contributed by atoms with Crippen LogP contribution in [0.25, 0.3) is 10.9 Å². The molecule has 5 nitrogen and oxygen atoms in total. The highest BCUT2D eigenvalue weighted by molar-refractivity contribution is 5.83. The molecule has 1 unspecified atom stereocenters. The number of aromatic amines is 1. The number of rotatable bonds is 7. The van der Waals surface area contributed by atoms with E-state index in [1.165, 1.54) is 10.9 Å². The molecule has 5 heteroatoms. The van der Waals surface area contributed by atoms with Crippen molar-refractivity contribution >= 4 is 16.8 Å². The Balaban J connectivity index is 1.88. The van der Waals surface area contributed by atoms with E-state index in [1.54, 1.807) is 7.11 Å². The fourth-order valence-electron chi connectivity index (χ4n) is 2.09. The molecule has 2 rings (SSSR count). The van der Waals surface area contributed by atoms with Crippen molar-refractivity contribution in [1.82, 2.24) is 15.6 Å². The van der Waals surface area contributed by atoms with Gasteiger partial charge in [-0.15, -0.1) is 0 Å². The molecule has 0 saturated carbocycles. The molecule has 0 bridgehead atoms. The minimum absolute atomic E-state index is 0.0108. The number of carbonyl (C=O) groups excluding carboxylic acids is 1. The van der Waals surface area contributed by atoms with Crippen LogP contribution in [-0.4, -0.2) is 37.2 Å². The van der Waals surface area contributed by atoms with E-state index >= 15 is 0 Å². The fourth-order valence-corrected chi connectivity index (χ4v) is 2.09. The van der Waals surface area contributed by atoms with E-state index < -0.39 is 0 Å². The molecule has 1 amide bonds. The lowest BCUT2D eigenvalue weighted by atomic mass is 10.1. The van der Waals surface area contributed by atoms with Crippen molar-refractivity contribution in [3.63, 3.8) is 0 Å². The number of fused-ring (bicyclic) bond motifs is 1. The second kappa shape index (κ2) is 7.07. The molecule has 1 aromatic heterocycles. The first-order valence-electron chi connectivity index (χ1n) is 6.77. The van der Waals surface area contributed by atoms with Gasteiger partial charge >= 0.3 is 0 Å². The normalized spacial score (nSPS) is 12.5. The number of carbonyl (C=O) groups is 1. The lowest BCUT2D eigenvalue weighted by Crippen LogP contribution is -2.42. The second-order valence-electron chi connectivity index (χ2n) is 4.74. The Morgan fingerprint density at radius 2 is 2.25 bits per heavy atom. The van der Waals surface area contributed by atoms with Crippen molar-refractivity contribution < 1.29 is 9.53 Å². The third kappa shape index (κ3) is 3.59. The topological polar surface area (TPSA) is 66.2 Å². The summed E-state index contributed by atoms with van der Waals surface area (Å²) in [6, 6.07) is 7.94. The zero-order chi connectivity index (χ0) is 14.4. The van der Waals surface area contributed by atoms with Gasteiger partial charge in [0, 0.05) is 37.3 Å². The van der Waals surface area contributed by atoms with Crippen molar-refractivity contribution in [2.24, 2.45) is 0 Å². The summed E-state index contributed by atoms with van der Waals surface area (Å²) in [5.41, 5.74) is 2.29. The quantitative estimate of drug-likeness (QED) is 0.669. The third-order valence-corrected chi connectivity index (χ3v) is 3.28. The highest BCUT2D eigenvalue weighted by Gasteiger charge is 2.12. The number of benzene rings is 1. The van der Waals surface area contributed by atoms with Gasteiger partial charge in [0.1, 0.15) is 0 Å². The first-order chi connectivity index (χ1) is 9.72. The van der Waals surface area contributed by atoms with Crippen molar-refractivity contribution in [2.75, 3.05) is 20.3 Å². The summed E-state index contributed by atoms with van der Waals surface area (Å²) in [5.74, 6) is -0.0108. The van der Waals surface area contributed by atoms with Gasteiger partial charge in [0.15, 0.2) is 0 Å². The highest BCUT2D eigenvalue weighted by Crippen LogP contribution is 2.17. The standard InChI is InChI=1S/C15H21N3O2/c1-11(15(19)17-8-9-20-2)18-10-12-4-3-5-14-13(12)6-7-16-14/h3-7,11,16,18H,8-10H2,1-2H3,(H,17,19). The number of hydrogen-bond acceptors (Lipinski definition) is 3. The maximum atomic E-state index is 11.8. The first kappa shape index (κ1) is 14.6. The van der Waals surface area contributed by atoms with Crippen LogP contribution in [0.2, 0.25) is 0 Å². The summed E-state index contributed by atoms with van der Waals surface area (Å²) in [5, 5.41) is 7.25. The van der Waals surface area contributed by atoms with E-state index in [0.29, 0.717) is 19.7 Å². The molecule has 3 N–H and O–H groups in total. The molecule has 0 aliphatic carbocycles. The summed E-state index contributed by atoms with van der Waals surface area (Å²) in [7, 11) is 1.62. The van der Waals surface area contributed by atoms with E-state index in [2.05, 4.69) is 27.8 Å². The summed E-state index contributed by atoms with van der Waals surface area (Å²) in [4.78, 5) is 15.0. The van der Waals surface area contributed by atoms with Gasteiger partial charge in [0.2, 0.25) is 5.91 Å². The van der Waals surface area contributed by atoms with Gasteiger partial charge in [0.25, 0.3) is 0 Å². The number of nitrogens with one attached hydrogen (secondary N) is 3. The van der Waals surface area contributed by atoms with Gasteiger partial charge in [-0.3, -0.25) is 4.79 Å². The van der Waals surface area contributed by atoms with Crippen LogP contribution in [0.1, 0.15) is 12.5 Å². The molecule has 108 valence electrons. The lowest BCUT2D eigenvalue weighted by Gasteiger charge is -2.14. The maximum absolute atomic E-state index is 11.8. The van der Waals surface area contributed by atoms with E-state index in [9.17, 15) is 4.79 Å². The molecule has 0 fully saturated rings. The van der Waals surface area contributed by atoms with Gasteiger partial charge in [-0.1, -0.05) is 12.1 Å². The first-order valence-corrected chi connectivity index (χ1v) is 6.77. The minimum Gasteiger partial charge on any atom is -0.383 e. The zero-order valence-corrected chi connectivity index (χ0v) is 11.9. The Morgan fingerprint density at radius 1 is 1.40 bits per heavy atom. The predicted octanol–water partition coefficient (Wildman–Crippen LogP) is 1.41. The summed E-state index contributed by atoms with van der Waals surface area (Å²) >= 11 is 0. The second-order valence-corrected chi connectivity index (χ2v) is 4.74. The number of amides is 1. The average molecular weight is 275 g/mol. The van der Waals surface area contributed by atoms with Crippen LogP contribution in [0.15, 0.2) is 30.5 Å². The third-order valence-electron chi connectivity index (χ3n) is 3.28. The predicted molar refractivity (Wildman–Crippen MR) is 79.5 cm³/mol. The summed E-state index contributed by atoms with van der Waals surface area (Å²) < 4.78 is 4.90. The van der Waals surface area contributed by atoms with Crippen LogP contribution in [0.3, 0.4) is 0 Å². The number of ether oxygens (including phenoxy) is 1. The smallest absolute Gasteiger partial charge is 0.236 e. The highest BCUT2D eigenvalue weighted by atomic mass is 16.5. The van der Waals surface area contributed by atoms with Gasteiger partial charge in [-0.25, -0.2) is 0 Å². The Bertz CT molecular complexity index is 565. The van der Waals surface area contributed by atoms with Crippen LogP contribution in [0.4, 0.5) is 0 Å². The molecule has 1 aromatic carbocycles. The van der Waals surface area contributed by atoms with E-state index in [-0.39, 0.29) is 11.9 Å². The molecule has 0 spiro atoms. The minimum atomic E-state index is -0.235. The van der Waals surface area contributed by atoms with Gasteiger partial charge in [-0.05, 0) is 24.6 Å². The van der Waals surface area contributed by atoms with Gasteiger partial charge in [-0.2, -0.15) is 0 Å². The Morgan fingerprint density at radius 3 is 3.05 bits per heavy atom. The van der Waals surface area contributed by atoms with Crippen LogP contribution in [-0.2, 0) is 16.1 Å². The van der Waals surface area contributed by atoms with Crippen LogP contribution < -0.4 is 10.6 Å². The molecule has 0 aliphatic heterocycles. The number of hydrogen-bond donors (Lipinski definition) is 3. The fraction of sp³-hybridized carbons (Fsp3) is 0.400. The molecular weight excluding hydrogens is 254 g/mol. The average Bonchev–Trinajstić information content (AvgIpc) is 2.93. The van der Waals surface area contributed by atoms with E-state index in [4.69, 9.17) is 4.74 Å².